The first-order valence-corrected chi connectivity index (χ1v) is 10.0. The standard InChI is InChI=1S/C18H22N4O2S/c1-11(2)16(13-6-5-12(3)15(9-13)25(4,23)24)22-18-14-7-8-19-17(14)20-10-21-18/h5-11,16H,1-4H3,(H2,19,20,21,22)/t16-/m0/s1. The van der Waals surface area contributed by atoms with Gasteiger partial charge in [0.15, 0.2) is 9.84 Å². The number of fused-ring (bicyclic) bond motifs is 1. The van der Waals surface area contributed by atoms with Crippen LogP contribution in [0.15, 0.2) is 41.7 Å². The molecule has 2 heterocycles. The molecule has 3 aromatic rings. The average molecular weight is 358 g/mol. The molecule has 0 radical (unpaired) electrons. The fourth-order valence-electron chi connectivity index (χ4n) is 2.98. The Morgan fingerprint density at radius 1 is 1.16 bits per heavy atom. The predicted molar refractivity (Wildman–Crippen MR) is 99.4 cm³/mol. The Morgan fingerprint density at radius 2 is 1.92 bits per heavy atom. The van der Waals surface area contributed by atoms with E-state index in [1.807, 2.05) is 31.3 Å². The van der Waals surface area contributed by atoms with Gasteiger partial charge in [-0.3, -0.25) is 0 Å². The molecule has 0 bridgehead atoms. The number of aromatic nitrogens is 3. The number of benzene rings is 1. The quantitative estimate of drug-likeness (QED) is 0.729. The SMILES string of the molecule is Cc1ccc([C@@H](Nc2ncnc3[nH]ccc23)C(C)C)cc1S(C)(=O)=O. The predicted octanol–water partition coefficient (Wildman–Crippen LogP) is 3.48. The van der Waals surface area contributed by atoms with Gasteiger partial charge >= 0.3 is 0 Å². The Hall–Kier alpha value is -2.41. The minimum Gasteiger partial charge on any atom is -0.362 e. The molecule has 132 valence electrons. The first-order chi connectivity index (χ1) is 11.8. The van der Waals surface area contributed by atoms with Crippen LogP contribution in [-0.4, -0.2) is 29.6 Å². The summed E-state index contributed by atoms with van der Waals surface area (Å²) in [5, 5.41) is 4.36. The van der Waals surface area contributed by atoms with Crippen molar-refractivity contribution in [2.45, 2.75) is 31.7 Å². The number of aromatic amines is 1. The fourth-order valence-corrected chi connectivity index (χ4v) is 3.98. The lowest BCUT2D eigenvalue weighted by Crippen LogP contribution is -2.18. The van der Waals surface area contributed by atoms with Crippen molar-refractivity contribution in [1.82, 2.24) is 15.0 Å². The van der Waals surface area contributed by atoms with E-state index in [4.69, 9.17) is 0 Å². The van der Waals surface area contributed by atoms with Gasteiger partial charge in [0, 0.05) is 12.5 Å². The smallest absolute Gasteiger partial charge is 0.175 e. The van der Waals surface area contributed by atoms with Crippen LogP contribution in [0.5, 0.6) is 0 Å². The van der Waals surface area contributed by atoms with Gasteiger partial charge in [0.05, 0.1) is 16.3 Å². The van der Waals surface area contributed by atoms with Crippen molar-refractivity contribution in [1.29, 1.82) is 0 Å². The second-order valence-electron chi connectivity index (χ2n) is 6.63. The minimum atomic E-state index is -3.27. The summed E-state index contributed by atoms with van der Waals surface area (Å²) in [7, 11) is -3.27. The highest BCUT2D eigenvalue weighted by atomic mass is 32.2. The van der Waals surface area contributed by atoms with Crippen molar-refractivity contribution >= 4 is 26.7 Å². The van der Waals surface area contributed by atoms with Crippen LogP contribution in [0.3, 0.4) is 0 Å². The number of rotatable bonds is 5. The van der Waals surface area contributed by atoms with Gasteiger partial charge < -0.3 is 10.3 Å². The summed E-state index contributed by atoms with van der Waals surface area (Å²) in [5.74, 6) is 0.963. The number of aryl methyl sites for hydroxylation is 1. The molecule has 0 aliphatic rings. The Labute approximate surface area is 147 Å². The lowest BCUT2D eigenvalue weighted by molar-refractivity contribution is 0.543. The molecule has 0 amide bonds. The van der Waals surface area contributed by atoms with E-state index in [1.165, 1.54) is 12.6 Å². The first kappa shape index (κ1) is 17.4. The van der Waals surface area contributed by atoms with Gasteiger partial charge in [0.25, 0.3) is 0 Å². The molecule has 3 rings (SSSR count). The lowest BCUT2D eigenvalue weighted by atomic mass is 9.95. The van der Waals surface area contributed by atoms with Crippen LogP contribution in [0.25, 0.3) is 11.0 Å². The number of sulfone groups is 1. The largest absolute Gasteiger partial charge is 0.362 e. The van der Waals surface area contributed by atoms with Crippen LogP contribution >= 0.6 is 0 Å². The molecule has 0 saturated carbocycles. The zero-order chi connectivity index (χ0) is 18.2. The highest BCUT2D eigenvalue weighted by molar-refractivity contribution is 7.90. The summed E-state index contributed by atoms with van der Waals surface area (Å²) in [6.45, 7) is 5.99. The van der Waals surface area contributed by atoms with Gasteiger partial charge in [-0.05, 0) is 36.1 Å². The van der Waals surface area contributed by atoms with Gasteiger partial charge in [0.1, 0.15) is 17.8 Å². The maximum atomic E-state index is 12.1. The van der Waals surface area contributed by atoms with Gasteiger partial charge in [-0.15, -0.1) is 0 Å². The number of H-pyrrole nitrogens is 1. The molecule has 2 aromatic heterocycles. The molecule has 1 aromatic carbocycles. The third kappa shape index (κ3) is 3.51. The lowest BCUT2D eigenvalue weighted by Gasteiger charge is -2.24. The topological polar surface area (TPSA) is 87.7 Å². The zero-order valence-electron chi connectivity index (χ0n) is 14.7. The number of anilines is 1. The van der Waals surface area contributed by atoms with E-state index in [0.717, 1.165) is 28.0 Å². The molecule has 7 heteroatoms. The zero-order valence-corrected chi connectivity index (χ0v) is 15.6. The summed E-state index contributed by atoms with van der Waals surface area (Å²) in [4.78, 5) is 12.0. The van der Waals surface area contributed by atoms with Gasteiger partial charge in [-0.1, -0.05) is 26.0 Å². The van der Waals surface area contributed by atoms with Gasteiger partial charge in [-0.2, -0.15) is 0 Å². The highest BCUT2D eigenvalue weighted by Gasteiger charge is 2.21. The number of nitrogens with one attached hydrogen (secondary N) is 2. The van der Waals surface area contributed by atoms with E-state index in [9.17, 15) is 8.42 Å². The van der Waals surface area contributed by atoms with Crippen LogP contribution in [0, 0.1) is 12.8 Å². The molecular weight excluding hydrogens is 336 g/mol. The van der Waals surface area contributed by atoms with Crippen LogP contribution < -0.4 is 5.32 Å². The normalized spacial score (nSPS) is 13.3. The Bertz CT molecular complexity index is 1010. The number of hydrogen-bond acceptors (Lipinski definition) is 5. The molecule has 0 aliphatic carbocycles. The molecule has 25 heavy (non-hydrogen) atoms. The Balaban J connectivity index is 2.04. The maximum Gasteiger partial charge on any atom is 0.175 e. The summed E-state index contributed by atoms with van der Waals surface area (Å²) in [6, 6.07) is 7.43. The van der Waals surface area contributed by atoms with Crippen molar-refractivity contribution in [3.05, 3.63) is 47.9 Å². The second-order valence-corrected chi connectivity index (χ2v) is 8.61. The van der Waals surface area contributed by atoms with Crippen LogP contribution in [0.4, 0.5) is 5.82 Å². The Kier molecular flexibility index (Phi) is 4.51. The highest BCUT2D eigenvalue weighted by Crippen LogP contribution is 2.30. The van der Waals surface area contributed by atoms with Crippen molar-refractivity contribution in [2.24, 2.45) is 5.92 Å². The Morgan fingerprint density at radius 3 is 2.60 bits per heavy atom. The van der Waals surface area contributed by atoms with Crippen LogP contribution in [0.1, 0.15) is 31.0 Å². The summed E-state index contributed by atoms with van der Waals surface area (Å²) < 4.78 is 24.1. The summed E-state index contributed by atoms with van der Waals surface area (Å²) >= 11 is 0. The van der Waals surface area contributed by atoms with E-state index in [1.54, 1.807) is 6.07 Å². The second kappa shape index (κ2) is 6.48. The van der Waals surface area contributed by atoms with Gasteiger partial charge in [-0.25, -0.2) is 18.4 Å². The fraction of sp³-hybridized carbons (Fsp3) is 0.333. The molecule has 2 N–H and O–H groups in total. The van der Waals surface area contributed by atoms with E-state index in [2.05, 4.69) is 34.1 Å². The van der Waals surface area contributed by atoms with E-state index in [-0.39, 0.29) is 12.0 Å². The monoisotopic (exact) mass is 358 g/mol. The molecule has 6 nitrogen and oxygen atoms in total. The third-order valence-electron chi connectivity index (χ3n) is 4.28. The molecular formula is C18H22N4O2S. The third-order valence-corrected chi connectivity index (χ3v) is 5.52. The molecule has 0 unspecified atom stereocenters. The van der Waals surface area contributed by atoms with Crippen molar-refractivity contribution in [2.75, 3.05) is 11.6 Å². The van der Waals surface area contributed by atoms with E-state index < -0.39 is 9.84 Å². The molecule has 0 saturated heterocycles. The molecule has 0 aliphatic heterocycles. The summed E-state index contributed by atoms with van der Waals surface area (Å²) in [5.41, 5.74) is 2.44. The van der Waals surface area contributed by atoms with E-state index >= 15 is 0 Å². The number of nitrogens with zero attached hydrogens (tertiary/aromatic N) is 2. The van der Waals surface area contributed by atoms with Crippen molar-refractivity contribution < 1.29 is 8.42 Å². The van der Waals surface area contributed by atoms with E-state index in [0.29, 0.717) is 4.90 Å². The molecule has 0 spiro atoms. The molecule has 1 atom stereocenters. The van der Waals surface area contributed by atoms with Crippen LogP contribution in [-0.2, 0) is 9.84 Å². The first-order valence-electron chi connectivity index (χ1n) is 8.12. The van der Waals surface area contributed by atoms with Crippen LogP contribution in [0.2, 0.25) is 0 Å². The van der Waals surface area contributed by atoms with Gasteiger partial charge in [0.2, 0.25) is 0 Å². The van der Waals surface area contributed by atoms with Crippen molar-refractivity contribution in [3.63, 3.8) is 0 Å². The molecule has 0 fully saturated rings. The van der Waals surface area contributed by atoms with Crippen molar-refractivity contribution in [3.8, 4) is 0 Å². The maximum absolute atomic E-state index is 12.1. The average Bonchev–Trinajstić information content (AvgIpc) is 3.01. The number of hydrogen-bond donors (Lipinski definition) is 2. The summed E-state index contributed by atoms with van der Waals surface area (Å²) in [6.07, 6.45) is 4.57. The minimum absolute atomic E-state index is 0.0749.